The number of methoxy groups -OCH3 is 1. The number of amides is 1. The van der Waals surface area contributed by atoms with E-state index >= 15 is 0 Å². The second-order valence-electron chi connectivity index (χ2n) is 7.45. The van der Waals surface area contributed by atoms with Gasteiger partial charge in [0.1, 0.15) is 17.4 Å². The predicted octanol–water partition coefficient (Wildman–Crippen LogP) is 2.56. The summed E-state index contributed by atoms with van der Waals surface area (Å²) in [5, 5.41) is 4.54. The number of hydrogen-bond donors (Lipinski definition) is 0. The van der Waals surface area contributed by atoms with Crippen LogP contribution in [-0.4, -0.2) is 63.8 Å². The summed E-state index contributed by atoms with van der Waals surface area (Å²) in [7, 11) is 1.59. The number of para-hydroxylation sites is 1. The molecule has 156 valence electrons. The molecule has 1 aliphatic heterocycles. The lowest BCUT2D eigenvalue weighted by Crippen LogP contribution is -2.49. The Balaban J connectivity index is 1.50. The highest BCUT2D eigenvalue weighted by Crippen LogP contribution is 2.22. The van der Waals surface area contributed by atoms with Crippen molar-refractivity contribution in [1.82, 2.24) is 24.6 Å². The van der Waals surface area contributed by atoms with Gasteiger partial charge in [-0.1, -0.05) is 12.1 Å². The zero-order valence-electron chi connectivity index (χ0n) is 17.8. The van der Waals surface area contributed by atoms with Gasteiger partial charge in [0, 0.05) is 37.9 Å². The summed E-state index contributed by atoms with van der Waals surface area (Å²) in [6, 6.07) is 11.3. The van der Waals surface area contributed by atoms with E-state index in [0.717, 1.165) is 23.0 Å². The predicted molar refractivity (Wildman–Crippen MR) is 114 cm³/mol. The SMILES string of the molecule is COc1ccccc1C(=O)N1CCN(c2cc(-n3nc(C)cc3C)nc(C)n2)CC1. The average molecular weight is 406 g/mol. The van der Waals surface area contributed by atoms with Crippen LogP contribution in [0.2, 0.25) is 0 Å². The fourth-order valence-corrected chi connectivity index (χ4v) is 3.80. The highest BCUT2D eigenvalue weighted by Gasteiger charge is 2.25. The molecule has 0 bridgehead atoms. The van der Waals surface area contributed by atoms with Gasteiger partial charge >= 0.3 is 0 Å². The first-order valence-corrected chi connectivity index (χ1v) is 10.0. The van der Waals surface area contributed by atoms with Gasteiger partial charge in [-0.3, -0.25) is 4.79 Å². The van der Waals surface area contributed by atoms with Gasteiger partial charge in [-0.15, -0.1) is 0 Å². The van der Waals surface area contributed by atoms with Gasteiger partial charge in [0.25, 0.3) is 5.91 Å². The molecule has 0 aliphatic carbocycles. The molecule has 0 N–H and O–H groups in total. The van der Waals surface area contributed by atoms with Crippen molar-refractivity contribution in [1.29, 1.82) is 0 Å². The van der Waals surface area contributed by atoms with Gasteiger partial charge in [-0.25, -0.2) is 14.6 Å². The molecule has 4 rings (SSSR count). The van der Waals surface area contributed by atoms with Crippen LogP contribution >= 0.6 is 0 Å². The zero-order valence-corrected chi connectivity index (χ0v) is 17.8. The van der Waals surface area contributed by atoms with Crippen molar-refractivity contribution < 1.29 is 9.53 Å². The van der Waals surface area contributed by atoms with Gasteiger partial charge in [-0.05, 0) is 39.0 Å². The van der Waals surface area contributed by atoms with Crippen LogP contribution in [0.25, 0.3) is 5.82 Å². The van der Waals surface area contributed by atoms with Crippen molar-refractivity contribution in [2.24, 2.45) is 0 Å². The Morgan fingerprint density at radius 3 is 2.33 bits per heavy atom. The Bertz CT molecular complexity index is 1070. The fraction of sp³-hybridized carbons (Fsp3) is 0.364. The van der Waals surface area contributed by atoms with Gasteiger partial charge in [0.05, 0.1) is 18.4 Å². The monoisotopic (exact) mass is 406 g/mol. The highest BCUT2D eigenvalue weighted by atomic mass is 16.5. The normalized spacial score (nSPS) is 14.1. The molecule has 0 saturated carbocycles. The summed E-state index contributed by atoms with van der Waals surface area (Å²) in [6.07, 6.45) is 0. The van der Waals surface area contributed by atoms with E-state index in [2.05, 4.69) is 20.0 Å². The third-order valence-corrected chi connectivity index (χ3v) is 5.27. The number of carbonyl (C=O) groups excluding carboxylic acids is 1. The number of benzene rings is 1. The standard InChI is InChI=1S/C22H26N6O2/c1-15-13-16(2)28(25-15)21-14-20(23-17(3)24-21)26-9-11-27(12-10-26)22(29)18-7-5-6-8-19(18)30-4/h5-8,13-14H,9-12H2,1-4H3. The van der Waals surface area contributed by atoms with E-state index in [9.17, 15) is 4.79 Å². The lowest BCUT2D eigenvalue weighted by molar-refractivity contribution is 0.0743. The van der Waals surface area contributed by atoms with Crippen molar-refractivity contribution in [2.45, 2.75) is 20.8 Å². The minimum atomic E-state index is -0.00528. The Hall–Kier alpha value is -3.42. The first kappa shape index (κ1) is 19.9. The summed E-state index contributed by atoms with van der Waals surface area (Å²) < 4.78 is 7.19. The molecule has 8 heteroatoms. The maximum Gasteiger partial charge on any atom is 0.257 e. The van der Waals surface area contributed by atoms with Crippen LogP contribution in [0.15, 0.2) is 36.4 Å². The second kappa shape index (κ2) is 8.14. The summed E-state index contributed by atoms with van der Waals surface area (Å²) in [4.78, 5) is 26.2. The van der Waals surface area contributed by atoms with E-state index in [1.54, 1.807) is 7.11 Å². The van der Waals surface area contributed by atoms with Gasteiger partial charge in [-0.2, -0.15) is 5.10 Å². The van der Waals surface area contributed by atoms with Crippen molar-refractivity contribution in [3.63, 3.8) is 0 Å². The molecule has 1 aliphatic rings. The highest BCUT2D eigenvalue weighted by molar-refractivity contribution is 5.97. The smallest absolute Gasteiger partial charge is 0.257 e. The number of anilines is 1. The molecule has 1 saturated heterocycles. The molecule has 30 heavy (non-hydrogen) atoms. The molecule has 1 amide bonds. The molecule has 8 nitrogen and oxygen atoms in total. The fourth-order valence-electron chi connectivity index (χ4n) is 3.80. The molecule has 0 atom stereocenters. The van der Waals surface area contributed by atoms with Crippen LogP contribution in [0, 0.1) is 20.8 Å². The molecule has 0 spiro atoms. The van der Waals surface area contributed by atoms with Crippen LogP contribution in [0.1, 0.15) is 27.6 Å². The van der Waals surface area contributed by atoms with E-state index < -0.39 is 0 Å². The quantitative estimate of drug-likeness (QED) is 0.663. The Labute approximate surface area is 176 Å². The second-order valence-corrected chi connectivity index (χ2v) is 7.45. The number of aromatic nitrogens is 4. The summed E-state index contributed by atoms with van der Waals surface area (Å²) in [5.41, 5.74) is 2.58. The molecule has 3 aromatic rings. The van der Waals surface area contributed by atoms with E-state index in [-0.39, 0.29) is 5.91 Å². The van der Waals surface area contributed by atoms with E-state index in [0.29, 0.717) is 43.3 Å². The Kier molecular flexibility index (Phi) is 5.39. The molecule has 0 unspecified atom stereocenters. The van der Waals surface area contributed by atoms with Gasteiger partial charge in [0.2, 0.25) is 0 Å². The van der Waals surface area contributed by atoms with Crippen LogP contribution in [-0.2, 0) is 0 Å². The van der Waals surface area contributed by atoms with Crippen LogP contribution in [0.5, 0.6) is 5.75 Å². The maximum absolute atomic E-state index is 12.9. The number of aryl methyl sites for hydroxylation is 3. The number of rotatable bonds is 4. The molecular weight excluding hydrogens is 380 g/mol. The lowest BCUT2D eigenvalue weighted by Gasteiger charge is -2.35. The molecule has 0 radical (unpaired) electrons. The summed E-state index contributed by atoms with van der Waals surface area (Å²) in [5.74, 6) is 2.91. The Morgan fingerprint density at radius 1 is 0.967 bits per heavy atom. The molecule has 1 aromatic carbocycles. The number of piperazine rings is 1. The molecule has 3 heterocycles. The van der Waals surface area contributed by atoms with Crippen molar-refractivity contribution in [3.8, 4) is 11.6 Å². The molecule has 2 aromatic heterocycles. The van der Waals surface area contributed by atoms with Crippen molar-refractivity contribution in [2.75, 3.05) is 38.2 Å². The van der Waals surface area contributed by atoms with E-state index in [1.807, 2.05) is 66.8 Å². The number of hydrogen-bond acceptors (Lipinski definition) is 6. The minimum absolute atomic E-state index is 0.00528. The van der Waals surface area contributed by atoms with Crippen molar-refractivity contribution in [3.05, 3.63) is 59.2 Å². The van der Waals surface area contributed by atoms with Crippen LogP contribution in [0.3, 0.4) is 0 Å². The zero-order chi connectivity index (χ0) is 21.3. The number of nitrogens with zero attached hydrogens (tertiary/aromatic N) is 6. The first-order valence-electron chi connectivity index (χ1n) is 10.0. The van der Waals surface area contributed by atoms with Crippen LogP contribution < -0.4 is 9.64 Å². The Morgan fingerprint density at radius 2 is 1.67 bits per heavy atom. The largest absolute Gasteiger partial charge is 0.496 e. The lowest BCUT2D eigenvalue weighted by atomic mass is 10.1. The minimum Gasteiger partial charge on any atom is -0.496 e. The molecular formula is C22H26N6O2. The topological polar surface area (TPSA) is 76.4 Å². The van der Waals surface area contributed by atoms with E-state index in [1.165, 1.54) is 0 Å². The summed E-state index contributed by atoms with van der Waals surface area (Å²) >= 11 is 0. The number of ether oxygens (including phenoxy) is 1. The summed E-state index contributed by atoms with van der Waals surface area (Å²) in [6.45, 7) is 8.52. The number of carbonyl (C=O) groups is 1. The third kappa shape index (κ3) is 3.85. The molecule has 1 fully saturated rings. The maximum atomic E-state index is 12.9. The first-order chi connectivity index (χ1) is 14.5. The van der Waals surface area contributed by atoms with E-state index in [4.69, 9.17) is 4.74 Å². The van der Waals surface area contributed by atoms with Gasteiger partial charge in [0.15, 0.2) is 5.82 Å². The average Bonchev–Trinajstić information content (AvgIpc) is 3.10. The third-order valence-electron chi connectivity index (χ3n) is 5.27. The van der Waals surface area contributed by atoms with Gasteiger partial charge < -0.3 is 14.5 Å². The van der Waals surface area contributed by atoms with Crippen molar-refractivity contribution >= 4 is 11.7 Å². The van der Waals surface area contributed by atoms with Crippen LogP contribution in [0.4, 0.5) is 5.82 Å².